The summed E-state index contributed by atoms with van der Waals surface area (Å²) in [4.78, 5) is 20.6. The molecule has 1 aromatic carbocycles. The van der Waals surface area contributed by atoms with Crippen LogP contribution in [0.4, 0.5) is 0 Å². The van der Waals surface area contributed by atoms with E-state index >= 15 is 0 Å². The van der Waals surface area contributed by atoms with Gasteiger partial charge < -0.3 is 9.52 Å². The first-order valence-electron chi connectivity index (χ1n) is 7.45. The van der Waals surface area contributed by atoms with E-state index in [0.717, 1.165) is 26.4 Å². The van der Waals surface area contributed by atoms with Gasteiger partial charge in [0, 0.05) is 10.9 Å². The molecule has 3 aromatic heterocycles. The Labute approximate surface area is 151 Å². The molecule has 0 bridgehead atoms. The van der Waals surface area contributed by atoms with E-state index in [0.29, 0.717) is 11.5 Å². The number of thiophene rings is 1. The fourth-order valence-electron chi connectivity index (χ4n) is 2.50. The maximum absolute atomic E-state index is 10.9. The molecule has 1 N–H and O–H groups in total. The van der Waals surface area contributed by atoms with Crippen molar-refractivity contribution in [2.24, 2.45) is 0 Å². The SMILES string of the molecule is O=C(O)c1ccc(CSc2ncnc3scc(-c4ccccc4)c23)o1. The summed E-state index contributed by atoms with van der Waals surface area (Å²) in [5, 5.41) is 12.9. The summed E-state index contributed by atoms with van der Waals surface area (Å²) in [5.74, 6) is -0.0109. The number of nitrogens with zero attached hydrogens (tertiary/aromatic N) is 2. The number of hydrogen-bond donors (Lipinski definition) is 1. The van der Waals surface area contributed by atoms with Gasteiger partial charge in [-0.05, 0) is 17.7 Å². The fourth-order valence-corrected chi connectivity index (χ4v) is 4.38. The average molecular weight is 368 g/mol. The van der Waals surface area contributed by atoms with Gasteiger partial charge in [0.2, 0.25) is 5.76 Å². The van der Waals surface area contributed by atoms with E-state index in [1.807, 2.05) is 18.2 Å². The molecule has 0 aliphatic heterocycles. The Morgan fingerprint density at radius 1 is 1.16 bits per heavy atom. The molecular formula is C18H12N2O3S2. The molecule has 4 rings (SSSR count). The standard InChI is InChI=1S/C18H12N2O3S2/c21-18(22)14-7-6-12(23-14)8-24-16-15-13(11-4-2-1-3-5-11)9-25-17(15)20-10-19-16/h1-7,9-10H,8H2,(H,21,22). The minimum Gasteiger partial charge on any atom is -0.475 e. The van der Waals surface area contributed by atoms with Gasteiger partial charge in [-0.2, -0.15) is 0 Å². The van der Waals surface area contributed by atoms with Gasteiger partial charge in [-0.15, -0.1) is 11.3 Å². The molecule has 0 saturated heterocycles. The van der Waals surface area contributed by atoms with Crippen molar-refractivity contribution in [1.82, 2.24) is 9.97 Å². The summed E-state index contributed by atoms with van der Waals surface area (Å²) in [7, 11) is 0. The Bertz CT molecular complexity index is 1040. The zero-order valence-corrected chi connectivity index (χ0v) is 14.5. The van der Waals surface area contributed by atoms with Crippen LogP contribution in [0.3, 0.4) is 0 Å². The second-order valence-corrected chi connectivity index (χ2v) is 7.06. The molecule has 7 heteroatoms. The van der Waals surface area contributed by atoms with E-state index in [1.165, 1.54) is 17.8 Å². The second kappa shape index (κ2) is 6.70. The Morgan fingerprint density at radius 2 is 2.00 bits per heavy atom. The summed E-state index contributed by atoms with van der Waals surface area (Å²) < 4.78 is 5.31. The van der Waals surface area contributed by atoms with Gasteiger partial charge in [0.25, 0.3) is 0 Å². The van der Waals surface area contributed by atoms with Crippen LogP contribution in [-0.2, 0) is 5.75 Å². The zero-order valence-electron chi connectivity index (χ0n) is 12.9. The molecule has 0 saturated carbocycles. The van der Waals surface area contributed by atoms with Crippen molar-refractivity contribution >= 4 is 39.3 Å². The van der Waals surface area contributed by atoms with E-state index in [1.54, 1.807) is 23.7 Å². The number of aromatic nitrogens is 2. The van der Waals surface area contributed by atoms with Crippen LogP contribution in [0.1, 0.15) is 16.3 Å². The molecule has 0 atom stereocenters. The van der Waals surface area contributed by atoms with Crippen molar-refractivity contribution in [1.29, 1.82) is 0 Å². The predicted octanol–water partition coefficient (Wildman–Crippen LogP) is 4.94. The van der Waals surface area contributed by atoms with Crippen molar-refractivity contribution in [3.63, 3.8) is 0 Å². The van der Waals surface area contributed by atoms with E-state index in [-0.39, 0.29) is 5.76 Å². The van der Waals surface area contributed by atoms with Crippen LogP contribution in [0.25, 0.3) is 21.3 Å². The van der Waals surface area contributed by atoms with Crippen LogP contribution in [0, 0.1) is 0 Å². The van der Waals surface area contributed by atoms with E-state index in [9.17, 15) is 4.79 Å². The van der Waals surface area contributed by atoms with Crippen LogP contribution in [0.15, 0.2) is 63.6 Å². The van der Waals surface area contributed by atoms with Gasteiger partial charge in [0.15, 0.2) is 0 Å². The molecule has 25 heavy (non-hydrogen) atoms. The lowest BCUT2D eigenvalue weighted by Gasteiger charge is -2.04. The highest BCUT2D eigenvalue weighted by atomic mass is 32.2. The number of carboxylic acid groups (broad SMARTS) is 1. The quantitative estimate of drug-likeness (QED) is 0.397. The third-order valence-corrected chi connectivity index (χ3v) is 5.54. The second-order valence-electron chi connectivity index (χ2n) is 5.23. The number of thioether (sulfide) groups is 1. The van der Waals surface area contributed by atoms with Gasteiger partial charge in [-0.3, -0.25) is 0 Å². The Morgan fingerprint density at radius 3 is 2.76 bits per heavy atom. The highest BCUT2D eigenvalue weighted by Gasteiger charge is 2.15. The molecular weight excluding hydrogens is 356 g/mol. The maximum Gasteiger partial charge on any atom is 0.371 e. The van der Waals surface area contributed by atoms with Gasteiger partial charge >= 0.3 is 5.97 Å². The van der Waals surface area contributed by atoms with Gasteiger partial charge in [0.1, 0.15) is 21.9 Å². The normalized spacial score (nSPS) is 11.0. The van der Waals surface area contributed by atoms with Crippen LogP contribution < -0.4 is 0 Å². The fraction of sp³-hybridized carbons (Fsp3) is 0.0556. The zero-order chi connectivity index (χ0) is 17.2. The Balaban J connectivity index is 1.67. The smallest absolute Gasteiger partial charge is 0.371 e. The molecule has 0 aliphatic rings. The van der Waals surface area contributed by atoms with E-state index in [4.69, 9.17) is 9.52 Å². The van der Waals surface area contributed by atoms with E-state index in [2.05, 4.69) is 27.5 Å². The number of carboxylic acids is 1. The summed E-state index contributed by atoms with van der Waals surface area (Å²) in [5.41, 5.74) is 2.23. The van der Waals surface area contributed by atoms with Crippen molar-refractivity contribution in [3.05, 3.63) is 65.7 Å². The number of furan rings is 1. The highest BCUT2D eigenvalue weighted by molar-refractivity contribution is 7.98. The lowest BCUT2D eigenvalue weighted by atomic mass is 10.1. The number of fused-ring (bicyclic) bond motifs is 1. The molecule has 0 unspecified atom stereocenters. The van der Waals surface area contributed by atoms with E-state index < -0.39 is 5.97 Å². The highest BCUT2D eigenvalue weighted by Crippen LogP contribution is 2.38. The molecule has 0 aliphatic carbocycles. The van der Waals surface area contributed by atoms with Crippen LogP contribution in [0.5, 0.6) is 0 Å². The van der Waals surface area contributed by atoms with Crippen molar-refractivity contribution in [2.75, 3.05) is 0 Å². The lowest BCUT2D eigenvalue weighted by molar-refractivity contribution is 0.0661. The molecule has 4 aromatic rings. The Kier molecular flexibility index (Phi) is 4.25. The topological polar surface area (TPSA) is 76.2 Å². The third kappa shape index (κ3) is 3.16. The number of hydrogen-bond acceptors (Lipinski definition) is 6. The molecule has 0 fully saturated rings. The van der Waals surface area contributed by atoms with Crippen molar-refractivity contribution in [3.8, 4) is 11.1 Å². The van der Waals surface area contributed by atoms with Crippen LogP contribution in [-0.4, -0.2) is 21.0 Å². The largest absolute Gasteiger partial charge is 0.475 e. The average Bonchev–Trinajstić information content (AvgIpc) is 3.28. The number of rotatable bonds is 5. The third-order valence-electron chi connectivity index (χ3n) is 3.64. The summed E-state index contributed by atoms with van der Waals surface area (Å²) in [6.07, 6.45) is 1.56. The predicted molar refractivity (Wildman–Crippen MR) is 98.1 cm³/mol. The summed E-state index contributed by atoms with van der Waals surface area (Å²) in [6.45, 7) is 0. The molecule has 124 valence electrons. The van der Waals surface area contributed by atoms with Crippen LogP contribution in [0.2, 0.25) is 0 Å². The number of carbonyl (C=O) groups is 1. The van der Waals surface area contributed by atoms with Crippen LogP contribution >= 0.6 is 23.1 Å². The van der Waals surface area contributed by atoms with Gasteiger partial charge in [-0.1, -0.05) is 42.1 Å². The number of benzene rings is 1. The monoisotopic (exact) mass is 368 g/mol. The Hall–Kier alpha value is -2.64. The first-order valence-corrected chi connectivity index (χ1v) is 9.31. The van der Waals surface area contributed by atoms with Gasteiger partial charge in [-0.25, -0.2) is 14.8 Å². The minimum absolute atomic E-state index is 0.0519. The number of aromatic carboxylic acids is 1. The van der Waals surface area contributed by atoms with Gasteiger partial charge in [0.05, 0.1) is 11.1 Å². The first-order chi connectivity index (χ1) is 12.2. The molecule has 0 amide bonds. The van der Waals surface area contributed by atoms with Crippen molar-refractivity contribution < 1.29 is 14.3 Å². The van der Waals surface area contributed by atoms with Crippen molar-refractivity contribution in [2.45, 2.75) is 10.8 Å². The molecule has 5 nitrogen and oxygen atoms in total. The summed E-state index contributed by atoms with van der Waals surface area (Å²) in [6, 6.07) is 13.3. The maximum atomic E-state index is 10.9. The molecule has 0 spiro atoms. The molecule has 3 heterocycles. The lowest BCUT2D eigenvalue weighted by Crippen LogP contribution is -1.91. The molecule has 0 radical (unpaired) electrons. The first kappa shape index (κ1) is 15.9. The minimum atomic E-state index is -1.06. The summed E-state index contributed by atoms with van der Waals surface area (Å²) >= 11 is 3.10.